The first-order valence-corrected chi connectivity index (χ1v) is 10.4. The van der Waals surface area contributed by atoms with Crippen molar-refractivity contribution >= 4 is 30.1 Å². The lowest BCUT2D eigenvalue weighted by Gasteiger charge is -2.35. The zero-order valence-corrected chi connectivity index (χ0v) is 16.1. The van der Waals surface area contributed by atoms with E-state index in [-0.39, 0.29) is 18.3 Å². The van der Waals surface area contributed by atoms with Crippen molar-refractivity contribution in [3.05, 3.63) is 32.6 Å². The molecule has 8 nitrogen and oxygen atoms in total. The summed E-state index contributed by atoms with van der Waals surface area (Å²) in [7, 11) is 0. The van der Waals surface area contributed by atoms with E-state index in [2.05, 4.69) is 4.98 Å². The van der Waals surface area contributed by atoms with Crippen LogP contribution in [0.1, 0.15) is 25.6 Å². The quantitative estimate of drug-likeness (QED) is 0.594. The molecule has 0 bridgehead atoms. The van der Waals surface area contributed by atoms with E-state index in [0.29, 0.717) is 0 Å². The van der Waals surface area contributed by atoms with Crippen LogP contribution in [0.4, 0.5) is 4.39 Å². The second-order valence-corrected chi connectivity index (χ2v) is 9.60. The SMILES string of the molecule is Cc1cn([C@@H]2O[C@@H]3COP(=S)(OC(C)C)O[C@H]3[C@]2(F)Cl)c(=O)[nH]c1=O. The highest BCUT2D eigenvalue weighted by molar-refractivity contribution is 8.07. The minimum atomic E-state index is -3.18. The summed E-state index contributed by atoms with van der Waals surface area (Å²) >= 11 is 11.3. The van der Waals surface area contributed by atoms with Crippen LogP contribution in [0.25, 0.3) is 0 Å². The van der Waals surface area contributed by atoms with Crippen LogP contribution < -0.4 is 11.2 Å². The molecule has 5 atom stereocenters. The van der Waals surface area contributed by atoms with Gasteiger partial charge in [0.25, 0.3) is 10.7 Å². The Morgan fingerprint density at radius 2 is 2.24 bits per heavy atom. The van der Waals surface area contributed by atoms with E-state index < -0.39 is 41.5 Å². The van der Waals surface area contributed by atoms with Crippen molar-refractivity contribution in [1.82, 2.24) is 9.55 Å². The molecule has 2 aliphatic heterocycles. The van der Waals surface area contributed by atoms with Crippen LogP contribution in [0.3, 0.4) is 0 Å². The number of fused-ring (bicyclic) bond motifs is 1. The van der Waals surface area contributed by atoms with Crippen LogP contribution in [0.5, 0.6) is 0 Å². The first kappa shape index (κ1) is 19.2. The fourth-order valence-electron chi connectivity index (χ4n) is 2.64. The molecule has 3 heterocycles. The first-order chi connectivity index (χ1) is 11.5. The lowest BCUT2D eigenvalue weighted by Crippen LogP contribution is -2.45. The van der Waals surface area contributed by atoms with Crippen LogP contribution in [0.2, 0.25) is 0 Å². The minimum absolute atomic E-state index is 0.0827. The summed E-state index contributed by atoms with van der Waals surface area (Å²) < 4.78 is 38.2. The molecule has 3 rings (SSSR count). The van der Waals surface area contributed by atoms with Gasteiger partial charge in [-0.3, -0.25) is 18.9 Å². The maximum Gasteiger partial charge on any atom is 0.330 e. The largest absolute Gasteiger partial charge is 0.344 e. The minimum Gasteiger partial charge on any atom is -0.344 e. The molecular formula is C13H17ClFN2O6PS. The van der Waals surface area contributed by atoms with Gasteiger partial charge in [-0.15, -0.1) is 0 Å². The topological polar surface area (TPSA) is 91.8 Å². The zero-order chi connectivity index (χ0) is 18.6. The van der Waals surface area contributed by atoms with Gasteiger partial charge in [0, 0.05) is 11.8 Å². The number of alkyl halides is 2. The van der Waals surface area contributed by atoms with Crippen molar-refractivity contribution in [2.75, 3.05) is 6.61 Å². The molecule has 0 saturated carbocycles. The van der Waals surface area contributed by atoms with E-state index in [1.54, 1.807) is 13.8 Å². The van der Waals surface area contributed by atoms with Crippen molar-refractivity contribution in [3.8, 4) is 0 Å². The maximum absolute atomic E-state index is 15.3. The van der Waals surface area contributed by atoms with Gasteiger partial charge >= 0.3 is 12.4 Å². The molecule has 1 unspecified atom stereocenters. The van der Waals surface area contributed by atoms with E-state index in [1.165, 1.54) is 13.1 Å². The monoisotopic (exact) mass is 414 g/mol. The fourth-order valence-corrected chi connectivity index (χ4v) is 5.61. The molecule has 2 fully saturated rings. The Bertz CT molecular complexity index is 843. The lowest BCUT2D eigenvalue weighted by atomic mass is 10.1. The zero-order valence-electron chi connectivity index (χ0n) is 13.6. The van der Waals surface area contributed by atoms with Gasteiger partial charge in [0.1, 0.15) is 12.2 Å². The molecule has 12 heteroatoms. The van der Waals surface area contributed by atoms with Crippen molar-refractivity contribution in [1.29, 1.82) is 0 Å². The Morgan fingerprint density at radius 1 is 1.56 bits per heavy atom. The summed E-state index contributed by atoms with van der Waals surface area (Å²) in [6, 6.07) is 0. The van der Waals surface area contributed by atoms with Crippen molar-refractivity contribution in [2.24, 2.45) is 0 Å². The number of hydrogen-bond donors (Lipinski definition) is 1. The molecule has 1 aromatic heterocycles. The van der Waals surface area contributed by atoms with Crippen LogP contribution in [-0.2, 0) is 30.1 Å². The van der Waals surface area contributed by atoms with E-state index in [4.69, 9.17) is 41.7 Å². The molecular weight excluding hydrogens is 398 g/mol. The second kappa shape index (κ2) is 6.53. The third-order valence-electron chi connectivity index (χ3n) is 3.73. The number of aryl methyl sites for hydroxylation is 1. The number of hydrogen-bond acceptors (Lipinski definition) is 7. The molecule has 0 amide bonds. The summed E-state index contributed by atoms with van der Waals surface area (Å²) in [6.45, 7) is 1.69. The molecule has 25 heavy (non-hydrogen) atoms. The van der Waals surface area contributed by atoms with Crippen molar-refractivity contribution < 1.29 is 22.7 Å². The molecule has 1 aromatic rings. The van der Waals surface area contributed by atoms with Crippen molar-refractivity contribution in [3.63, 3.8) is 0 Å². The third-order valence-corrected chi connectivity index (χ3v) is 6.59. The van der Waals surface area contributed by atoms with Crippen LogP contribution in [0, 0.1) is 6.92 Å². The summed E-state index contributed by atoms with van der Waals surface area (Å²) in [4.78, 5) is 25.6. The van der Waals surface area contributed by atoms with Crippen LogP contribution >= 0.6 is 18.3 Å². The molecule has 2 saturated heterocycles. The predicted octanol–water partition coefficient (Wildman–Crippen LogP) is 1.71. The second-order valence-electron chi connectivity index (χ2n) is 6.10. The molecule has 1 N–H and O–H groups in total. The highest BCUT2D eigenvalue weighted by Crippen LogP contribution is 2.61. The highest BCUT2D eigenvalue weighted by atomic mass is 35.5. The Morgan fingerprint density at radius 3 is 2.88 bits per heavy atom. The van der Waals surface area contributed by atoms with Gasteiger partial charge in [0.15, 0.2) is 6.23 Å². The van der Waals surface area contributed by atoms with Gasteiger partial charge in [-0.25, -0.2) is 9.18 Å². The van der Waals surface area contributed by atoms with Gasteiger partial charge in [-0.2, -0.15) is 0 Å². The summed E-state index contributed by atoms with van der Waals surface area (Å²) in [5.74, 6) is 0. The smallest absolute Gasteiger partial charge is 0.330 e. The van der Waals surface area contributed by atoms with Crippen LogP contribution in [-0.4, -0.2) is 39.6 Å². The third kappa shape index (κ3) is 3.49. The summed E-state index contributed by atoms with van der Waals surface area (Å²) in [6.07, 6.45) is -2.78. The molecule has 0 aromatic carbocycles. The average Bonchev–Trinajstić information content (AvgIpc) is 2.73. The molecule has 140 valence electrons. The molecule has 0 aliphatic carbocycles. The number of aromatic amines is 1. The van der Waals surface area contributed by atoms with Crippen molar-refractivity contribution in [2.45, 2.75) is 50.4 Å². The van der Waals surface area contributed by atoms with E-state index in [1.807, 2.05) is 0 Å². The van der Waals surface area contributed by atoms with E-state index >= 15 is 4.39 Å². The van der Waals surface area contributed by atoms with E-state index in [9.17, 15) is 9.59 Å². The fraction of sp³-hybridized carbons (Fsp3) is 0.692. The highest BCUT2D eigenvalue weighted by Gasteiger charge is 2.62. The average molecular weight is 415 g/mol. The number of nitrogens with one attached hydrogen (secondary N) is 1. The Balaban J connectivity index is 1.94. The normalized spacial score (nSPS) is 38.1. The van der Waals surface area contributed by atoms with Gasteiger partial charge in [-0.1, -0.05) is 11.6 Å². The number of aromatic nitrogens is 2. The van der Waals surface area contributed by atoms with Gasteiger partial charge in [-0.05, 0) is 32.6 Å². The number of H-pyrrole nitrogens is 1. The maximum atomic E-state index is 15.3. The number of nitrogens with zero attached hydrogens (tertiary/aromatic N) is 1. The molecule has 0 spiro atoms. The Hall–Kier alpha value is -0.610. The summed E-state index contributed by atoms with van der Waals surface area (Å²) in [5.41, 5.74) is -1.22. The predicted molar refractivity (Wildman–Crippen MR) is 91.0 cm³/mol. The van der Waals surface area contributed by atoms with E-state index in [0.717, 1.165) is 4.57 Å². The van der Waals surface area contributed by atoms with Gasteiger partial charge in [0.2, 0.25) is 0 Å². The Kier molecular flexibility index (Phi) is 5.00. The number of halogens is 2. The first-order valence-electron chi connectivity index (χ1n) is 7.50. The number of ether oxygens (including phenoxy) is 1. The molecule has 0 radical (unpaired) electrons. The van der Waals surface area contributed by atoms with Crippen LogP contribution in [0.15, 0.2) is 15.8 Å². The summed E-state index contributed by atoms with van der Waals surface area (Å²) in [5, 5.41) is -2.60. The lowest BCUT2D eigenvalue weighted by molar-refractivity contribution is -0.0657. The van der Waals surface area contributed by atoms with Gasteiger partial charge in [0.05, 0.1) is 12.7 Å². The molecule has 2 aliphatic rings. The van der Waals surface area contributed by atoms with Gasteiger partial charge < -0.3 is 13.8 Å². The number of rotatable bonds is 3. The Labute approximate surface area is 152 Å². The standard InChI is InChI=1S/C13H17ClFN2O6PS/c1-6(2)22-24(25)20-5-8-9(23-24)13(14,15)11(21-8)17-4-7(3)10(18)16-12(17)19/h4,6,8-9,11H,5H2,1-3H3,(H,16,18,19)/t8-,9-,11-,13-,24?/m1/s1.